The van der Waals surface area contributed by atoms with E-state index in [9.17, 15) is 4.79 Å². The number of ether oxygens (including phenoxy) is 1. The van der Waals surface area contributed by atoms with Crippen molar-refractivity contribution in [3.63, 3.8) is 0 Å². The molecule has 1 heterocycles. The summed E-state index contributed by atoms with van der Waals surface area (Å²) in [5, 5.41) is 0.920. The van der Waals surface area contributed by atoms with Crippen molar-refractivity contribution in [2.75, 3.05) is 12.9 Å². The number of carbonyl (C=O) groups is 1. The van der Waals surface area contributed by atoms with E-state index in [1.165, 1.54) is 13.5 Å². The number of amides is 1. The molecule has 0 bridgehead atoms. The van der Waals surface area contributed by atoms with Crippen molar-refractivity contribution in [1.82, 2.24) is 0 Å². The van der Waals surface area contributed by atoms with Crippen LogP contribution in [0.25, 0.3) is 0 Å². The minimum absolute atomic E-state index is 0.477. The molecule has 0 aromatic carbocycles. The van der Waals surface area contributed by atoms with Crippen LogP contribution in [0.1, 0.15) is 19.3 Å². The molecular weight excluding hydrogens is 162 g/mol. The summed E-state index contributed by atoms with van der Waals surface area (Å²) in [4.78, 5) is 14.4. The van der Waals surface area contributed by atoms with Crippen LogP contribution in [0.2, 0.25) is 0 Å². The lowest BCUT2D eigenvalue weighted by Crippen LogP contribution is -2.05. The average molecular weight is 173 g/mol. The van der Waals surface area contributed by atoms with Gasteiger partial charge in [0.15, 0.2) is 0 Å². The predicted molar refractivity (Wildman–Crippen MR) is 46.1 cm³/mol. The van der Waals surface area contributed by atoms with Crippen LogP contribution in [0.5, 0.6) is 0 Å². The van der Waals surface area contributed by atoms with Gasteiger partial charge in [0.25, 0.3) is 0 Å². The maximum Gasteiger partial charge on any atom is 0.434 e. The molecule has 1 amide bonds. The zero-order valence-electron chi connectivity index (χ0n) is 6.50. The second-order valence-electron chi connectivity index (χ2n) is 2.28. The normalized spacial score (nSPS) is 21.7. The number of hydrogen-bond donors (Lipinski definition) is 0. The lowest BCUT2D eigenvalue weighted by atomic mass is 10.2. The highest BCUT2D eigenvalue weighted by molar-refractivity contribution is 8.14. The number of hydrogen-bond acceptors (Lipinski definition) is 3. The molecule has 11 heavy (non-hydrogen) atoms. The van der Waals surface area contributed by atoms with E-state index in [4.69, 9.17) is 0 Å². The molecule has 1 rings (SSSR count). The molecule has 0 radical (unpaired) electrons. The molecule has 1 fully saturated rings. The van der Waals surface area contributed by atoms with Crippen LogP contribution in [0.15, 0.2) is 4.99 Å². The van der Waals surface area contributed by atoms with E-state index in [0.29, 0.717) is 0 Å². The summed E-state index contributed by atoms with van der Waals surface area (Å²) in [6.45, 7) is 0. The molecule has 0 spiro atoms. The van der Waals surface area contributed by atoms with Gasteiger partial charge in [-0.3, -0.25) is 0 Å². The molecule has 0 N–H and O–H groups in total. The van der Waals surface area contributed by atoms with E-state index >= 15 is 0 Å². The second kappa shape index (κ2) is 4.38. The van der Waals surface area contributed by atoms with Crippen molar-refractivity contribution in [3.05, 3.63) is 0 Å². The van der Waals surface area contributed by atoms with E-state index in [-0.39, 0.29) is 0 Å². The summed E-state index contributed by atoms with van der Waals surface area (Å²) >= 11 is 1.66. The molecule has 1 aliphatic rings. The van der Waals surface area contributed by atoms with E-state index < -0.39 is 6.09 Å². The van der Waals surface area contributed by atoms with Crippen LogP contribution in [0.4, 0.5) is 4.79 Å². The van der Waals surface area contributed by atoms with Crippen LogP contribution >= 0.6 is 11.8 Å². The summed E-state index contributed by atoms with van der Waals surface area (Å²) < 4.78 is 4.41. The zero-order chi connectivity index (χ0) is 8.10. The summed E-state index contributed by atoms with van der Waals surface area (Å²) in [5.41, 5.74) is 0. The molecule has 0 saturated carbocycles. The van der Waals surface area contributed by atoms with E-state index in [1.807, 2.05) is 0 Å². The summed E-state index contributed by atoms with van der Waals surface area (Å²) in [5.74, 6) is 1.08. The number of thioether (sulfide) groups is 1. The lowest BCUT2D eigenvalue weighted by molar-refractivity contribution is 0.182. The van der Waals surface area contributed by atoms with Gasteiger partial charge >= 0.3 is 6.09 Å². The Morgan fingerprint density at radius 2 is 2.45 bits per heavy atom. The molecule has 0 atom stereocenters. The first kappa shape index (κ1) is 8.59. The van der Waals surface area contributed by atoms with E-state index in [0.717, 1.165) is 23.6 Å². The van der Waals surface area contributed by atoms with Crippen molar-refractivity contribution >= 4 is 22.9 Å². The zero-order valence-corrected chi connectivity index (χ0v) is 7.32. The molecule has 1 aliphatic heterocycles. The van der Waals surface area contributed by atoms with Gasteiger partial charge in [-0.25, -0.2) is 4.79 Å². The Balaban J connectivity index is 2.43. The minimum atomic E-state index is -0.477. The third-order valence-corrected chi connectivity index (χ3v) is 2.57. The van der Waals surface area contributed by atoms with Gasteiger partial charge in [-0.05, 0) is 25.0 Å². The Bertz CT molecular complexity index is 171. The Morgan fingerprint density at radius 1 is 1.64 bits per heavy atom. The van der Waals surface area contributed by atoms with Crippen LogP contribution in [-0.2, 0) is 4.74 Å². The van der Waals surface area contributed by atoms with Crippen LogP contribution in [0.3, 0.4) is 0 Å². The van der Waals surface area contributed by atoms with Crippen molar-refractivity contribution in [2.24, 2.45) is 4.99 Å². The van der Waals surface area contributed by atoms with Gasteiger partial charge in [0.1, 0.15) is 0 Å². The largest absolute Gasteiger partial charge is 0.451 e. The summed E-state index contributed by atoms with van der Waals surface area (Å²) in [6, 6.07) is 0. The fraction of sp³-hybridized carbons (Fsp3) is 0.714. The van der Waals surface area contributed by atoms with Gasteiger partial charge in [0, 0.05) is 0 Å². The Hall–Kier alpha value is -0.510. The van der Waals surface area contributed by atoms with Crippen LogP contribution in [-0.4, -0.2) is 24.0 Å². The van der Waals surface area contributed by atoms with E-state index in [1.54, 1.807) is 11.8 Å². The first-order valence-electron chi connectivity index (χ1n) is 3.61. The topological polar surface area (TPSA) is 38.7 Å². The third kappa shape index (κ3) is 2.93. The second-order valence-corrected chi connectivity index (χ2v) is 3.45. The lowest BCUT2D eigenvalue weighted by Gasteiger charge is -2.10. The number of nitrogens with zero attached hydrogens (tertiary/aromatic N) is 1. The van der Waals surface area contributed by atoms with Crippen molar-refractivity contribution in [3.8, 4) is 0 Å². The molecule has 0 aromatic rings. The molecule has 62 valence electrons. The van der Waals surface area contributed by atoms with E-state index in [2.05, 4.69) is 9.73 Å². The quantitative estimate of drug-likeness (QED) is 0.563. The molecular formula is C7H11NO2S. The molecule has 0 aliphatic carbocycles. The molecule has 1 saturated heterocycles. The number of rotatable bonds is 0. The fourth-order valence-corrected chi connectivity index (χ4v) is 1.89. The predicted octanol–water partition coefficient (Wildman–Crippen LogP) is 2.07. The van der Waals surface area contributed by atoms with Gasteiger partial charge in [0.2, 0.25) is 0 Å². The van der Waals surface area contributed by atoms with Crippen molar-refractivity contribution < 1.29 is 9.53 Å². The van der Waals surface area contributed by atoms with Gasteiger partial charge in [-0.2, -0.15) is 4.99 Å². The maximum absolute atomic E-state index is 10.7. The van der Waals surface area contributed by atoms with Crippen LogP contribution < -0.4 is 0 Å². The standard InChI is InChI=1S/C7H11NO2S/c1-10-7(9)8-6-4-2-3-5-11-6/h2-5H2,1H3. The molecule has 0 unspecified atom stereocenters. The highest BCUT2D eigenvalue weighted by atomic mass is 32.2. The molecule has 4 heteroatoms. The maximum atomic E-state index is 10.7. The number of carbonyl (C=O) groups excluding carboxylic acids is 1. The minimum Gasteiger partial charge on any atom is -0.451 e. The monoisotopic (exact) mass is 173 g/mol. The first-order chi connectivity index (χ1) is 5.33. The Labute approximate surface area is 70.2 Å². The van der Waals surface area contributed by atoms with Gasteiger partial charge < -0.3 is 4.74 Å². The van der Waals surface area contributed by atoms with Gasteiger partial charge in [0.05, 0.1) is 12.2 Å². The highest BCUT2D eigenvalue weighted by Gasteiger charge is 2.08. The summed E-state index contributed by atoms with van der Waals surface area (Å²) in [7, 11) is 1.35. The first-order valence-corrected chi connectivity index (χ1v) is 4.60. The molecule has 3 nitrogen and oxygen atoms in total. The fourth-order valence-electron chi connectivity index (χ4n) is 0.876. The number of methoxy groups -OCH3 is 1. The summed E-state index contributed by atoms with van der Waals surface area (Å²) in [6.07, 6.45) is 2.82. The number of aliphatic imine (C=N–C) groups is 1. The smallest absolute Gasteiger partial charge is 0.434 e. The molecule has 0 aromatic heterocycles. The van der Waals surface area contributed by atoms with Crippen molar-refractivity contribution in [1.29, 1.82) is 0 Å². The van der Waals surface area contributed by atoms with Gasteiger partial charge in [-0.1, -0.05) is 0 Å². The SMILES string of the molecule is COC(=O)N=C1CCCCS1. The van der Waals surface area contributed by atoms with Gasteiger partial charge in [-0.15, -0.1) is 11.8 Å². The Morgan fingerprint density at radius 3 is 3.00 bits per heavy atom. The highest BCUT2D eigenvalue weighted by Crippen LogP contribution is 2.19. The Kier molecular flexibility index (Phi) is 3.42. The van der Waals surface area contributed by atoms with Crippen LogP contribution in [0, 0.1) is 0 Å². The average Bonchev–Trinajstić information content (AvgIpc) is 2.06. The van der Waals surface area contributed by atoms with Crippen molar-refractivity contribution in [2.45, 2.75) is 19.3 Å². The third-order valence-electron chi connectivity index (χ3n) is 1.44.